The molecule has 1 N–H and O–H groups in total. The third-order valence-electron chi connectivity index (χ3n) is 4.98. The van der Waals surface area contributed by atoms with E-state index >= 15 is 0 Å². The summed E-state index contributed by atoms with van der Waals surface area (Å²) >= 11 is 0. The lowest BCUT2D eigenvalue weighted by molar-refractivity contribution is -0.142. The van der Waals surface area contributed by atoms with Gasteiger partial charge >= 0.3 is 5.97 Å². The first kappa shape index (κ1) is 14.2. The van der Waals surface area contributed by atoms with E-state index in [1.165, 1.54) is 11.4 Å². The summed E-state index contributed by atoms with van der Waals surface area (Å²) in [6.45, 7) is 1.88. The van der Waals surface area contributed by atoms with E-state index in [-0.39, 0.29) is 12.0 Å². The molecule has 0 radical (unpaired) electrons. The van der Waals surface area contributed by atoms with Gasteiger partial charge in [-0.3, -0.25) is 4.79 Å². The SMILES string of the molecule is CN1CCN(C2CCCCCC2C(=O)O)c2ccccc21. The smallest absolute Gasteiger partial charge is 0.308 e. The highest BCUT2D eigenvalue weighted by Crippen LogP contribution is 2.37. The molecule has 0 bridgehead atoms. The minimum atomic E-state index is -0.627. The Morgan fingerprint density at radius 2 is 1.81 bits per heavy atom. The van der Waals surface area contributed by atoms with E-state index in [2.05, 4.69) is 41.1 Å². The zero-order chi connectivity index (χ0) is 14.8. The second-order valence-electron chi connectivity index (χ2n) is 6.25. The minimum absolute atomic E-state index is 0.139. The van der Waals surface area contributed by atoms with Crippen LogP contribution < -0.4 is 9.80 Å². The van der Waals surface area contributed by atoms with Crippen molar-refractivity contribution in [2.24, 2.45) is 5.92 Å². The second kappa shape index (κ2) is 5.96. The Morgan fingerprint density at radius 3 is 2.57 bits per heavy atom. The van der Waals surface area contributed by atoms with Crippen molar-refractivity contribution >= 4 is 17.3 Å². The molecule has 4 nitrogen and oxygen atoms in total. The molecule has 21 heavy (non-hydrogen) atoms. The molecule has 0 aromatic heterocycles. The molecule has 4 heteroatoms. The topological polar surface area (TPSA) is 43.8 Å². The van der Waals surface area contributed by atoms with Crippen molar-refractivity contribution in [3.63, 3.8) is 0 Å². The molecule has 1 aromatic carbocycles. The number of anilines is 2. The molecular weight excluding hydrogens is 264 g/mol. The standard InChI is InChI=1S/C17H24N2O2/c1-18-11-12-19(16-10-6-5-9-15(16)18)14-8-4-2-3-7-13(14)17(20)21/h5-6,9-10,13-14H,2-4,7-8,11-12H2,1H3,(H,20,21). The van der Waals surface area contributed by atoms with Gasteiger partial charge in [0.1, 0.15) is 0 Å². The Bertz CT molecular complexity index is 517. The fraction of sp³-hybridized carbons (Fsp3) is 0.588. The number of carboxylic acid groups (broad SMARTS) is 1. The molecule has 2 unspecified atom stereocenters. The molecule has 0 saturated heterocycles. The number of carbonyl (C=O) groups is 1. The van der Waals surface area contributed by atoms with Gasteiger partial charge in [0.05, 0.1) is 17.3 Å². The highest BCUT2D eigenvalue weighted by Gasteiger charge is 2.36. The second-order valence-corrected chi connectivity index (χ2v) is 6.25. The van der Waals surface area contributed by atoms with Crippen LogP contribution in [-0.2, 0) is 4.79 Å². The molecule has 1 aliphatic carbocycles. The molecule has 2 aliphatic rings. The number of hydrogen-bond acceptors (Lipinski definition) is 3. The Balaban J connectivity index is 1.94. The zero-order valence-corrected chi connectivity index (χ0v) is 12.7. The van der Waals surface area contributed by atoms with Gasteiger partial charge in [0.15, 0.2) is 0 Å². The molecule has 0 amide bonds. The van der Waals surface area contributed by atoms with E-state index in [0.29, 0.717) is 0 Å². The van der Waals surface area contributed by atoms with Crippen LogP contribution in [-0.4, -0.2) is 37.3 Å². The van der Waals surface area contributed by atoms with Crippen LogP contribution in [0, 0.1) is 5.92 Å². The Labute approximate surface area is 126 Å². The van der Waals surface area contributed by atoms with Crippen molar-refractivity contribution in [1.82, 2.24) is 0 Å². The van der Waals surface area contributed by atoms with Crippen LogP contribution in [0.25, 0.3) is 0 Å². The summed E-state index contributed by atoms with van der Waals surface area (Å²) in [6.07, 6.45) is 5.16. The Kier molecular flexibility index (Phi) is 4.04. The van der Waals surface area contributed by atoms with Gasteiger partial charge in [0, 0.05) is 26.2 Å². The normalized spacial score (nSPS) is 26.1. The fourth-order valence-electron chi connectivity index (χ4n) is 3.82. The van der Waals surface area contributed by atoms with E-state index in [0.717, 1.165) is 45.2 Å². The Morgan fingerprint density at radius 1 is 1.10 bits per heavy atom. The first-order chi connectivity index (χ1) is 10.2. The maximum atomic E-state index is 11.7. The van der Waals surface area contributed by atoms with Crippen LogP contribution in [0.2, 0.25) is 0 Å². The lowest BCUT2D eigenvalue weighted by Crippen LogP contribution is -2.49. The molecular formula is C17H24N2O2. The van der Waals surface area contributed by atoms with E-state index in [1.807, 2.05) is 0 Å². The third-order valence-corrected chi connectivity index (χ3v) is 4.98. The van der Waals surface area contributed by atoms with Gasteiger partial charge in [-0.05, 0) is 25.0 Å². The van der Waals surface area contributed by atoms with Crippen molar-refractivity contribution < 1.29 is 9.90 Å². The van der Waals surface area contributed by atoms with Crippen LogP contribution >= 0.6 is 0 Å². The van der Waals surface area contributed by atoms with Gasteiger partial charge in [0.25, 0.3) is 0 Å². The average Bonchev–Trinajstić information content (AvgIpc) is 2.74. The third kappa shape index (κ3) is 2.71. The first-order valence-electron chi connectivity index (χ1n) is 7.98. The van der Waals surface area contributed by atoms with Crippen LogP contribution in [0.4, 0.5) is 11.4 Å². The van der Waals surface area contributed by atoms with Gasteiger partial charge in [-0.1, -0.05) is 31.4 Å². The van der Waals surface area contributed by atoms with Gasteiger partial charge in [-0.25, -0.2) is 0 Å². The lowest BCUT2D eigenvalue weighted by Gasteiger charge is -2.43. The van der Waals surface area contributed by atoms with E-state index in [1.54, 1.807) is 0 Å². The van der Waals surface area contributed by atoms with Crippen LogP contribution in [0.15, 0.2) is 24.3 Å². The fourth-order valence-corrected chi connectivity index (χ4v) is 3.82. The van der Waals surface area contributed by atoms with Gasteiger partial charge in [-0.2, -0.15) is 0 Å². The number of aliphatic carboxylic acids is 1. The summed E-state index contributed by atoms with van der Waals surface area (Å²) in [7, 11) is 2.11. The summed E-state index contributed by atoms with van der Waals surface area (Å²) in [5, 5.41) is 9.63. The number of benzene rings is 1. The van der Waals surface area contributed by atoms with Gasteiger partial charge in [-0.15, -0.1) is 0 Å². The summed E-state index contributed by atoms with van der Waals surface area (Å²) < 4.78 is 0. The number of rotatable bonds is 2. The zero-order valence-electron chi connectivity index (χ0n) is 12.7. The number of fused-ring (bicyclic) bond motifs is 1. The quantitative estimate of drug-likeness (QED) is 0.850. The molecule has 114 valence electrons. The first-order valence-corrected chi connectivity index (χ1v) is 7.98. The van der Waals surface area contributed by atoms with Crippen molar-refractivity contribution in [3.8, 4) is 0 Å². The van der Waals surface area contributed by atoms with Gasteiger partial charge in [0.2, 0.25) is 0 Å². The van der Waals surface area contributed by atoms with Crippen molar-refractivity contribution in [3.05, 3.63) is 24.3 Å². The van der Waals surface area contributed by atoms with Gasteiger partial charge < -0.3 is 14.9 Å². The highest BCUT2D eigenvalue weighted by atomic mass is 16.4. The molecule has 1 saturated carbocycles. The van der Waals surface area contributed by atoms with E-state index in [9.17, 15) is 9.90 Å². The number of hydrogen-bond donors (Lipinski definition) is 1. The van der Waals surface area contributed by atoms with Crippen LogP contribution in [0.3, 0.4) is 0 Å². The average molecular weight is 288 g/mol. The molecule has 1 aromatic rings. The van der Waals surface area contributed by atoms with Crippen molar-refractivity contribution in [2.75, 3.05) is 29.9 Å². The Hall–Kier alpha value is -1.71. The number of para-hydroxylation sites is 2. The summed E-state index contributed by atoms with van der Waals surface area (Å²) in [6, 6.07) is 8.51. The number of carboxylic acids is 1. The van der Waals surface area contributed by atoms with E-state index < -0.39 is 5.97 Å². The maximum Gasteiger partial charge on any atom is 0.308 e. The largest absolute Gasteiger partial charge is 0.481 e. The summed E-state index contributed by atoms with van der Waals surface area (Å²) in [4.78, 5) is 16.3. The molecule has 1 aliphatic heterocycles. The maximum absolute atomic E-state index is 11.7. The van der Waals surface area contributed by atoms with Crippen LogP contribution in [0.5, 0.6) is 0 Å². The molecule has 0 spiro atoms. The molecule has 1 fully saturated rings. The van der Waals surface area contributed by atoms with Crippen molar-refractivity contribution in [1.29, 1.82) is 0 Å². The van der Waals surface area contributed by atoms with Crippen LogP contribution in [0.1, 0.15) is 32.1 Å². The molecule has 1 heterocycles. The molecule has 3 rings (SSSR count). The lowest BCUT2D eigenvalue weighted by atomic mass is 9.92. The number of likely N-dealkylation sites (N-methyl/N-ethyl adjacent to an activating group) is 1. The summed E-state index contributed by atoms with van der Waals surface area (Å²) in [5.41, 5.74) is 2.42. The predicted octanol–water partition coefficient (Wildman–Crippen LogP) is 2.98. The predicted molar refractivity (Wildman–Crippen MR) is 85.1 cm³/mol. The highest BCUT2D eigenvalue weighted by molar-refractivity contribution is 5.76. The number of nitrogens with zero attached hydrogens (tertiary/aromatic N) is 2. The van der Waals surface area contributed by atoms with E-state index in [4.69, 9.17) is 0 Å². The summed E-state index contributed by atoms with van der Waals surface area (Å²) in [5.74, 6) is -0.859. The van der Waals surface area contributed by atoms with Crippen molar-refractivity contribution in [2.45, 2.75) is 38.1 Å². The monoisotopic (exact) mass is 288 g/mol. The minimum Gasteiger partial charge on any atom is -0.481 e. The molecule has 2 atom stereocenters.